The molecule has 0 radical (unpaired) electrons. The Bertz CT molecular complexity index is 1650. The van der Waals surface area contributed by atoms with Gasteiger partial charge < -0.3 is 44.5 Å². The summed E-state index contributed by atoms with van der Waals surface area (Å²) in [5.41, 5.74) is -3.53. The molecule has 380 valence electrons. The number of ether oxygens (including phenoxy) is 2. The number of esters is 2. The van der Waals surface area contributed by atoms with Gasteiger partial charge in [0.2, 0.25) is 17.1 Å². The van der Waals surface area contributed by atoms with Crippen molar-refractivity contribution in [2.24, 2.45) is 19.7 Å². The van der Waals surface area contributed by atoms with E-state index < -0.39 is 67.9 Å². The van der Waals surface area contributed by atoms with Gasteiger partial charge in [0, 0.05) is 19.4 Å². The third-order valence-electron chi connectivity index (χ3n) is 8.15. The van der Waals surface area contributed by atoms with Gasteiger partial charge in [-0.2, -0.15) is 0 Å². The fourth-order valence-electron chi connectivity index (χ4n) is 5.46. The summed E-state index contributed by atoms with van der Waals surface area (Å²) in [4.78, 5) is 74.1. The Labute approximate surface area is 398 Å². The molecule has 0 spiro atoms. The third kappa shape index (κ3) is 31.5. The number of carboxylic acids is 1. The Balaban J connectivity index is -0.000000791. The van der Waals surface area contributed by atoms with E-state index in [0.717, 1.165) is 38.8 Å². The number of unbranched alkanes of at least 4 members (excludes halogenated alkanes) is 2. The van der Waals surface area contributed by atoms with Crippen molar-refractivity contribution in [1.82, 2.24) is 15.2 Å². The van der Waals surface area contributed by atoms with Crippen LogP contribution in [0.5, 0.6) is 0 Å². The van der Waals surface area contributed by atoms with E-state index in [1.807, 2.05) is 27.7 Å². The SMILES string of the molecule is CC(=O)N(C(C(=O)O)C(C)(C)ON=S)C(C)(C)C.CC(=O)NC(C(=O)OC(C)C)C(C)(C)ON=S.CC(C)(C)CO/N=[N+](\[O-])N1CCCC1.CCCCCS(=O)(=O)CC(=O)OC(C)(C)C. The van der Waals surface area contributed by atoms with Crippen molar-refractivity contribution in [3.05, 3.63) is 5.21 Å². The highest BCUT2D eigenvalue weighted by atomic mass is 32.2. The zero-order valence-corrected chi connectivity index (χ0v) is 44.4. The standard InChI is InChI=1S/C11H20N2O4S.C11H22O4S.C10H18N2O4S.C9H19N3O2/c1-7(14)13(10(2,3)4)8(9(15)16)11(5,6)17-12-18;1-5-6-7-8-16(13,14)9-10(12)15-11(2,3)4;1-6(2)15-9(14)8(11-7(3)13)10(4,5)16-12-17;1-9(2,3)8-14-10-12(13)11-6-4-5-7-11/h8H,1-6H3,(H,15,16);5-9H2,1-4H3;6,8H,1-5H3,(H,11,13);4-8H2,1-3H3/b;;;12-10-. The van der Waals surface area contributed by atoms with E-state index in [0.29, 0.717) is 18.0 Å². The predicted octanol–water partition coefficient (Wildman–Crippen LogP) is 6.28. The van der Waals surface area contributed by atoms with Crippen molar-refractivity contribution in [2.45, 2.75) is 197 Å². The molecular formula is C41H79N7O14S3. The van der Waals surface area contributed by atoms with E-state index in [2.05, 4.69) is 44.5 Å². The molecule has 1 aliphatic heterocycles. The van der Waals surface area contributed by atoms with Crippen LogP contribution >= 0.6 is 0 Å². The first-order valence-corrected chi connectivity index (χ1v) is 23.8. The lowest BCUT2D eigenvalue weighted by molar-refractivity contribution is -0.707. The second kappa shape index (κ2) is 29.6. The van der Waals surface area contributed by atoms with Gasteiger partial charge in [0.1, 0.15) is 18.0 Å². The molecule has 0 aromatic rings. The molecular weight excluding hydrogens is 911 g/mol. The average molecular weight is 990 g/mol. The maximum Gasteiger partial charge on any atom is 0.333 e. The van der Waals surface area contributed by atoms with E-state index in [9.17, 15) is 42.7 Å². The number of amides is 2. The molecule has 1 heterocycles. The van der Waals surface area contributed by atoms with Crippen LogP contribution in [0, 0.1) is 10.6 Å². The molecule has 2 atom stereocenters. The molecule has 1 saturated heterocycles. The first-order chi connectivity index (χ1) is 29.3. The smallest absolute Gasteiger partial charge is 0.333 e. The number of aliphatic carboxylic acids is 1. The molecule has 0 saturated carbocycles. The van der Waals surface area contributed by atoms with Crippen LogP contribution in [0.3, 0.4) is 0 Å². The second-order valence-electron chi connectivity index (χ2n) is 19.7. The van der Waals surface area contributed by atoms with E-state index in [-0.39, 0.29) is 29.1 Å². The number of carbonyl (C=O) groups excluding carboxylic acids is 4. The van der Waals surface area contributed by atoms with Gasteiger partial charge in [-0.05, 0) is 117 Å². The van der Waals surface area contributed by atoms with E-state index >= 15 is 0 Å². The molecule has 0 aromatic heterocycles. The van der Waals surface area contributed by atoms with Gasteiger partial charge >= 0.3 is 17.9 Å². The Kier molecular flexibility index (Phi) is 29.7. The van der Waals surface area contributed by atoms with Crippen LogP contribution < -0.4 is 5.32 Å². The zero-order chi connectivity index (χ0) is 51.8. The Morgan fingerprint density at radius 1 is 0.862 bits per heavy atom. The molecule has 0 aromatic carbocycles. The highest BCUT2D eigenvalue weighted by Gasteiger charge is 2.47. The number of nitrogens with one attached hydrogen (secondary N) is 1. The van der Waals surface area contributed by atoms with Gasteiger partial charge in [-0.25, -0.2) is 18.0 Å². The topological polar surface area (TPSA) is 268 Å². The summed E-state index contributed by atoms with van der Waals surface area (Å²) in [6, 6.07) is -2.14. The van der Waals surface area contributed by atoms with Crippen molar-refractivity contribution < 1.29 is 66.5 Å². The average Bonchev–Trinajstić information content (AvgIpc) is 3.63. The number of nitrogens with zero attached hydrogens (tertiary/aromatic N) is 6. The zero-order valence-electron chi connectivity index (χ0n) is 42.0. The predicted molar refractivity (Wildman–Crippen MR) is 249 cm³/mol. The van der Waals surface area contributed by atoms with Crippen molar-refractivity contribution >= 4 is 64.4 Å². The first kappa shape index (κ1) is 65.2. The van der Waals surface area contributed by atoms with E-state index in [1.54, 1.807) is 74.2 Å². The molecule has 1 fully saturated rings. The summed E-state index contributed by atoms with van der Waals surface area (Å²) in [5.74, 6) is -3.56. The minimum atomic E-state index is -3.30. The fourth-order valence-corrected chi connectivity index (χ4v) is 7.06. The summed E-state index contributed by atoms with van der Waals surface area (Å²) in [6.07, 6.45) is 4.29. The summed E-state index contributed by atoms with van der Waals surface area (Å²) in [5, 5.41) is 28.3. The van der Waals surface area contributed by atoms with Crippen LogP contribution in [-0.4, -0.2) is 130 Å². The highest BCUT2D eigenvalue weighted by molar-refractivity contribution is 7.92. The minimum absolute atomic E-state index is 0.0371. The summed E-state index contributed by atoms with van der Waals surface area (Å²) < 4.78 is 39.2. The Morgan fingerprint density at radius 2 is 1.35 bits per heavy atom. The third-order valence-corrected chi connectivity index (χ3v) is 9.89. The van der Waals surface area contributed by atoms with E-state index in [4.69, 9.17) is 24.0 Å². The molecule has 1 rings (SSSR count). The number of hydrogen-bond acceptors (Lipinski definition) is 18. The van der Waals surface area contributed by atoms with Crippen molar-refractivity contribution in [3.63, 3.8) is 0 Å². The lowest BCUT2D eigenvalue weighted by Crippen LogP contribution is -2.62. The number of carbonyl (C=O) groups is 5. The Morgan fingerprint density at radius 3 is 1.72 bits per heavy atom. The quantitative estimate of drug-likeness (QED) is 0.0447. The number of carboxylic acid groups (broad SMARTS) is 1. The normalized spacial score (nSPS) is 14.3. The molecule has 0 aliphatic carbocycles. The van der Waals surface area contributed by atoms with Crippen LogP contribution in [0.25, 0.3) is 0 Å². The lowest BCUT2D eigenvalue weighted by atomic mass is 9.92. The maximum atomic E-state index is 11.8. The van der Waals surface area contributed by atoms with Crippen molar-refractivity contribution in [2.75, 3.05) is 31.2 Å². The van der Waals surface area contributed by atoms with Crippen LogP contribution in [0.2, 0.25) is 0 Å². The molecule has 1 aliphatic rings. The van der Waals surface area contributed by atoms with Crippen LogP contribution in [-0.2, 0) is 82.6 Å². The second-order valence-corrected chi connectivity index (χ2v) is 22.2. The number of hydrogen-bond donors (Lipinski definition) is 2. The van der Waals surface area contributed by atoms with Gasteiger partial charge in [0.15, 0.2) is 33.1 Å². The molecule has 2 amide bonds. The molecule has 0 bridgehead atoms. The van der Waals surface area contributed by atoms with Crippen molar-refractivity contribution in [3.8, 4) is 0 Å². The summed E-state index contributed by atoms with van der Waals surface area (Å²) in [6.45, 7) is 32.8. The maximum absolute atomic E-state index is 11.8. The van der Waals surface area contributed by atoms with Gasteiger partial charge in [0.25, 0.3) is 0 Å². The van der Waals surface area contributed by atoms with Crippen molar-refractivity contribution in [1.29, 1.82) is 0 Å². The largest absolute Gasteiger partial charge is 0.569 e. The van der Waals surface area contributed by atoms with Gasteiger partial charge in [-0.15, -0.1) is 5.01 Å². The summed E-state index contributed by atoms with van der Waals surface area (Å²) in [7, 11) is -3.30. The fraction of sp³-hybridized carbons (Fsp3) is 0.878. The molecule has 24 heteroatoms. The highest BCUT2D eigenvalue weighted by Crippen LogP contribution is 2.28. The van der Waals surface area contributed by atoms with Crippen LogP contribution in [0.1, 0.15) is 157 Å². The van der Waals surface area contributed by atoms with Gasteiger partial charge in [-0.1, -0.05) is 40.5 Å². The van der Waals surface area contributed by atoms with Crippen LogP contribution in [0.4, 0.5) is 0 Å². The monoisotopic (exact) mass is 989 g/mol. The summed E-state index contributed by atoms with van der Waals surface area (Å²) >= 11 is 8.70. The number of sulfone groups is 1. The Hall–Kier alpha value is -4.06. The minimum Gasteiger partial charge on any atom is -0.569 e. The molecule has 2 unspecified atom stereocenters. The first-order valence-electron chi connectivity index (χ1n) is 21.3. The lowest BCUT2D eigenvalue weighted by Gasteiger charge is -2.44. The number of rotatable bonds is 20. The van der Waals surface area contributed by atoms with Gasteiger partial charge in [0.05, 0.1) is 54.8 Å². The molecule has 21 nitrogen and oxygen atoms in total. The molecule has 2 N–H and O–H groups in total. The molecule has 65 heavy (non-hydrogen) atoms. The van der Waals surface area contributed by atoms with Gasteiger partial charge in [-0.3, -0.25) is 14.4 Å². The van der Waals surface area contributed by atoms with E-state index in [1.165, 1.54) is 32.6 Å². The van der Waals surface area contributed by atoms with Crippen LogP contribution in [0.15, 0.2) is 14.3 Å². The number of hydrazine groups is 1.